The average Bonchev–Trinajstić information content (AvgIpc) is 3.41. The van der Waals surface area contributed by atoms with Crippen molar-refractivity contribution in [3.8, 4) is 0 Å². The van der Waals surface area contributed by atoms with Gasteiger partial charge >= 0.3 is 0 Å². The summed E-state index contributed by atoms with van der Waals surface area (Å²) in [5.41, 5.74) is 2.79. The predicted molar refractivity (Wildman–Crippen MR) is 121 cm³/mol. The fourth-order valence-corrected chi connectivity index (χ4v) is 4.82. The van der Waals surface area contributed by atoms with Crippen LogP contribution >= 0.6 is 0 Å². The number of piperazine rings is 1. The van der Waals surface area contributed by atoms with E-state index >= 15 is 0 Å². The van der Waals surface area contributed by atoms with Gasteiger partial charge in [-0.15, -0.1) is 0 Å². The summed E-state index contributed by atoms with van der Waals surface area (Å²) in [6, 6.07) is 9.90. The molecule has 2 saturated heterocycles. The van der Waals surface area contributed by atoms with E-state index in [9.17, 15) is 14.4 Å². The minimum Gasteiger partial charge on any atom is -0.354 e. The molecule has 172 valence electrons. The predicted octanol–water partition coefficient (Wildman–Crippen LogP) is 0.622. The van der Waals surface area contributed by atoms with E-state index in [1.54, 1.807) is 4.90 Å². The van der Waals surface area contributed by atoms with Crippen molar-refractivity contribution >= 4 is 23.5 Å². The Hall–Kier alpha value is -3.33. The SMILES string of the molecule is Cc1nc([C@@H]2CCN(C(=O)CN3CCNC(=O)C3)C2)nc2c1CC(=O)N2Cc1ccccc1. The highest BCUT2D eigenvalue weighted by molar-refractivity contribution is 6.00. The molecule has 2 fully saturated rings. The van der Waals surface area contributed by atoms with Gasteiger partial charge in [-0.25, -0.2) is 9.97 Å². The summed E-state index contributed by atoms with van der Waals surface area (Å²) in [7, 11) is 0. The minimum absolute atomic E-state index is 0.0333. The molecular formula is C24H28N6O3. The van der Waals surface area contributed by atoms with Crippen molar-refractivity contribution in [1.82, 2.24) is 25.1 Å². The number of hydrogen-bond donors (Lipinski definition) is 1. The molecule has 5 rings (SSSR count). The Kier molecular flexibility index (Phi) is 5.80. The first-order chi connectivity index (χ1) is 16.0. The second-order valence-corrected chi connectivity index (χ2v) is 9.00. The molecule has 0 aliphatic carbocycles. The van der Waals surface area contributed by atoms with Crippen molar-refractivity contribution in [1.29, 1.82) is 0 Å². The lowest BCUT2D eigenvalue weighted by atomic mass is 10.1. The second kappa shape index (κ2) is 8.90. The zero-order valence-corrected chi connectivity index (χ0v) is 18.8. The molecule has 1 N–H and O–H groups in total. The van der Waals surface area contributed by atoms with Crippen molar-refractivity contribution in [3.63, 3.8) is 0 Å². The molecule has 1 aromatic carbocycles. The van der Waals surface area contributed by atoms with Crippen LogP contribution in [-0.2, 0) is 27.3 Å². The van der Waals surface area contributed by atoms with Crippen LogP contribution in [0.1, 0.15) is 35.0 Å². The minimum atomic E-state index is -0.0371. The highest BCUT2D eigenvalue weighted by Crippen LogP contribution is 2.33. The normalized spacial score (nSPS) is 20.8. The van der Waals surface area contributed by atoms with Crippen LogP contribution in [0.4, 0.5) is 5.82 Å². The average molecular weight is 449 g/mol. The molecule has 33 heavy (non-hydrogen) atoms. The van der Waals surface area contributed by atoms with Gasteiger partial charge in [0.15, 0.2) is 0 Å². The van der Waals surface area contributed by atoms with E-state index in [2.05, 4.69) is 5.32 Å². The van der Waals surface area contributed by atoms with Gasteiger partial charge in [-0.2, -0.15) is 0 Å². The number of nitrogens with zero attached hydrogens (tertiary/aromatic N) is 5. The lowest BCUT2D eigenvalue weighted by Gasteiger charge is -2.27. The topological polar surface area (TPSA) is 98.7 Å². The van der Waals surface area contributed by atoms with Crippen LogP contribution in [0, 0.1) is 6.92 Å². The third kappa shape index (κ3) is 4.45. The molecule has 0 bridgehead atoms. The molecule has 9 heteroatoms. The van der Waals surface area contributed by atoms with Gasteiger partial charge < -0.3 is 10.2 Å². The first-order valence-electron chi connectivity index (χ1n) is 11.5. The number of anilines is 1. The first-order valence-corrected chi connectivity index (χ1v) is 11.5. The molecule has 0 unspecified atom stereocenters. The van der Waals surface area contributed by atoms with E-state index in [0.717, 1.165) is 23.2 Å². The number of nitrogens with one attached hydrogen (secondary N) is 1. The Morgan fingerprint density at radius 2 is 1.97 bits per heavy atom. The molecule has 4 heterocycles. The van der Waals surface area contributed by atoms with Crippen LogP contribution in [0.15, 0.2) is 30.3 Å². The van der Waals surface area contributed by atoms with Gasteiger partial charge in [0.25, 0.3) is 0 Å². The van der Waals surface area contributed by atoms with E-state index in [1.165, 1.54) is 0 Å². The fraction of sp³-hybridized carbons (Fsp3) is 0.458. The highest BCUT2D eigenvalue weighted by atomic mass is 16.2. The van der Waals surface area contributed by atoms with Gasteiger partial charge in [-0.05, 0) is 18.9 Å². The summed E-state index contributed by atoms with van der Waals surface area (Å²) in [6.45, 7) is 5.41. The van der Waals surface area contributed by atoms with Crippen molar-refractivity contribution in [3.05, 3.63) is 53.0 Å². The number of benzene rings is 1. The monoisotopic (exact) mass is 448 g/mol. The van der Waals surface area contributed by atoms with Crippen LogP contribution in [0.25, 0.3) is 0 Å². The van der Waals surface area contributed by atoms with Gasteiger partial charge in [0.05, 0.1) is 26.1 Å². The number of aryl methyl sites for hydroxylation is 1. The van der Waals surface area contributed by atoms with Crippen LogP contribution < -0.4 is 10.2 Å². The second-order valence-electron chi connectivity index (χ2n) is 9.00. The molecule has 0 radical (unpaired) electrons. The van der Waals surface area contributed by atoms with Gasteiger partial charge in [-0.1, -0.05) is 30.3 Å². The van der Waals surface area contributed by atoms with Crippen LogP contribution in [-0.4, -0.2) is 76.8 Å². The summed E-state index contributed by atoms with van der Waals surface area (Å²) < 4.78 is 0. The largest absolute Gasteiger partial charge is 0.354 e. The highest BCUT2D eigenvalue weighted by Gasteiger charge is 2.35. The fourth-order valence-electron chi connectivity index (χ4n) is 4.82. The van der Waals surface area contributed by atoms with Crippen molar-refractivity contribution in [2.24, 2.45) is 0 Å². The number of carbonyl (C=O) groups is 3. The Labute approximate surface area is 192 Å². The molecule has 3 amide bonds. The maximum atomic E-state index is 12.8. The Balaban J connectivity index is 1.29. The number of hydrogen-bond acceptors (Lipinski definition) is 6. The van der Waals surface area contributed by atoms with Gasteiger partial charge in [0.1, 0.15) is 11.6 Å². The maximum absolute atomic E-state index is 12.8. The van der Waals surface area contributed by atoms with Crippen LogP contribution in [0.2, 0.25) is 0 Å². The quantitative estimate of drug-likeness (QED) is 0.720. The van der Waals surface area contributed by atoms with E-state index in [4.69, 9.17) is 9.97 Å². The van der Waals surface area contributed by atoms with Crippen molar-refractivity contribution in [2.75, 3.05) is 44.2 Å². The molecule has 0 saturated carbocycles. The number of amides is 3. The number of aromatic nitrogens is 2. The Bertz CT molecular complexity index is 1090. The number of rotatable bonds is 5. The third-order valence-electron chi connectivity index (χ3n) is 6.66. The third-order valence-corrected chi connectivity index (χ3v) is 6.66. The molecule has 2 aromatic rings. The molecular weight excluding hydrogens is 420 g/mol. The molecule has 9 nitrogen and oxygen atoms in total. The number of fused-ring (bicyclic) bond motifs is 1. The van der Waals surface area contributed by atoms with Gasteiger partial charge in [0, 0.05) is 43.4 Å². The standard InChI is InChI=1S/C24H28N6O3/c1-16-19-11-21(32)30(12-17-5-3-2-4-6-17)24(19)27-23(26-16)18-7-9-29(13-18)22(33)15-28-10-8-25-20(31)14-28/h2-6,18H,7-15H2,1H3,(H,25,31)/t18-/m1/s1. The summed E-state index contributed by atoms with van der Waals surface area (Å²) in [5.74, 6) is 1.48. The first kappa shape index (κ1) is 21.5. The molecule has 1 aromatic heterocycles. The number of carbonyl (C=O) groups excluding carboxylic acids is 3. The Morgan fingerprint density at radius 1 is 1.15 bits per heavy atom. The summed E-state index contributed by atoms with van der Waals surface area (Å²) in [5, 5.41) is 2.78. The Morgan fingerprint density at radius 3 is 2.76 bits per heavy atom. The molecule has 1 atom stereocenters. The van der Waals surface area contributed by atoms with Crippen molar-refractivity contribution in [2.45, 2.75) is 32.2 Å². The smallest absolute Gasteiger partial charge is 0.236 e. The van der Waals surface area contributed by atoms with E-state index in [-0.39, 0.29) is 36.7 Å². The van der Waals surface area contributed by atoms with E-state index in [0.29, 0.717) is 50.8 Å². The van der Waals surface area contributed by atoms with Gasteiger partial charge in [-0.3, -0.25) is 24.2 Å². The zero-order chi connectivity index (χ0) is 22.9. The molecule has 3 aliphatic heterocycles. The van der Waals surface area contributed by atoms with Crippen LogP contribution in [0.5, 0.6) is 0 Å². The summed E-state index contributed by atoms with van der Waals surface area (Å²) in [6.07, 6.45) is 1.12. The summed E-state index contributed by atoms with van der Waals surface area (Å²) in [4.78, 5) is 52.2. The molecule has 0 spiro atoms. The summed E-state index contributed by atoms with van der Waals surface area (Å²) >= 11 is 0. The lowest BCUT2D eigenvalue weighted by molar-refractivity contribution is -0.133. The van der Waals surface area contributed by atoms with E-state index in [1.807, 2.05) is 47.1 Å². The zero-order valence-electron chi connectivity index (χ0n) is 18.8. The van der Waals surface area contributed by atoms with Gasteiger partial charge in [0.2, 0.25) is 17.7 Å². The maximum Gasteiger partial charge on any atom is 0.236 e. The van der Waals surface area contributed by atoms with Crippen molar-refractivity contribution < 1.29 is 14.4 Å². The molecule has 3 aliphatic rings. The van der Waals surface area contributed by atoms with E-state index < -0.39 is 0 Å². The number of likely N-dealkylation sites (tertiary alicyclic amines) is 1. The lowest BCUT2D eigenvalue weighted by Crippen LogP contribution is -2.50. The van der Waals surface area contributed by atoms with Crippen LogP contribution in [0.3, 0.4) is 0 Å².